The van der Waals surface area contributed by atoms with Crippen LogP contribution in [-0.2, 0) is 9.53 Å². The Balaban J connectivity index is 2.24. The van der Waals surface area contributed by atoms with Crippen molar-refractivity contribution in [3.05, 3.63) is 73.9 Å². The normalized spacial score (nSPS) is 12.1. The number of ether oxygens (including phenoxy) is 1. The van der Waals surface area contributed by atoms with Crippen molar-refractivity contribution < 1.29 is 9.53 Å². The van der Waals surface area contributed by atoms with Crippen molar-refractivity contribution in [2.45, 2.75) is 19.9 Å². The molecule has 0 aliphatic carbocycles. The largest absolute Gasteiger partial charge is 0.383 e. The molecule has 0 aliphatic rings. The molecule has 152 valence electrons. The van der Waals surface area contributed by atoms with E-state index in [4.69, 9.17) is 16.3 Å². The molecule has 1 unspecified atom stereocenters. The van der Waals surface area contributed by atoms with Gasteiger partial charge >= 0.3 is 5.69 Å². The van der Waals surface area contributed by atoms with Gasteiger partial charge in [-0.15, -0.1) is 0 Å². The van der Waals surface area contributed by atoms with Gasteiger partial charge in [0.1, 0.15) is 6.04 Å². The molecule has 1 amide bonds. The fourth-order valence-corrected chi connectivity index (χ4v) is 3.32. The molecule has 0 radical (unpaired) electrons. The third-order valence-electron chi connectivity index (χ3n) is 4.78. The number of nitrogens with one attached hydrogen (secondary N) is 1. The lowest BCUT2D eigenvalue weighted by molar-refractivity contribution is -0.124. The molecule has 0 saturated carbocycles. The summed E-state index contributed by atoms with van der Waals surface area (Å²) in [6.45, 7) is 4.13. The summed E-state index contributed by atoms with van der Waals surface area (Å²) in [5.74, 6) is -0.346. The van der Waals surface area contributed by atoms with Crippen molar-refractivity contribution in [3.8, 4) is 5.69 Å². The summed E-state index contributed by atoms with van der Waals surface area (Å²) in [7, 11) is 1.54. The second-order valence-corrected chi connectivity index (χ2v) is 7.11. The topological polar surface area (TPSA) is 82.3 Å². The Morgan fingerprint density at radius 3 is 2.62 bits per heavy atom. The molecular weight excluding hydrogens is 394 g/mol. The summed E-state index contributed by atoms with van der Waals surface area (Å²) in [6, 6.07) is 10.9. The van der Waals surface area contributed by atoms with E-state index in [1.165, 1.54) is 11.7 Å². The number of rotatable bonds is 6. The van der Waals surface area contributed by atoms with E-state index in [1.807, 2.05) is 6.92 Å². The number of carbonyl (C=O) groups is 1. The van der Waals surface area contributed by atoms with Gasteiger partial charge in [-0.25, -0.2) is 9.36 Å². The van der Waals surface area contributed by atoms with Crippen LogP contribution < -0.4 is 16.6 Å². The summed E-state index contributed by atoms with van der Waals surface area (Å²) in [6.07, 6.45) is 0. The van der Waals surface area contributed by atoms with Gasteiger partial charge in [0.2, 0.25) is 5.91 Å². The maximum absolute atomic E-state index is 13.4. The van der Waals surface area contributed by atoms with Crippen molar-refractivity contribution in [1.29, 1.82) is 0 Å². The summed E-state index contributed by atoms with van der Waals surface area (Å²) in [5, 5.41) is 3.51. The van der Waals surface area contributed by atoms with Crippen molar-refractivity contribution in [2.24, 2.45) is 0 Å². The van der Waals surface area contributed by atoms with Gasteiger partial charge in [-0.2, -0.15) is 0 Å². The zero-order valence-corrected chi connectivity index (χ0v) is 17.2. The Morgan fingerprint density at radius 1 is 1.21 bits per heavy atom. The Morgan fingerprint density at radius 2 is 1.93 bits per heavy atom. The number of methoxy groups -OCH3 is 1. The number of benzene rings is 2. The number of amides is 1. The highest BCUT2D eigenvalue weighted by molar-refractivity contribution is 6.31. The number of hydrogen-bond donors (Lipinski definition) is 1. The van der Waals surface area contributed by atoms with E-state index in [9.17, 15) is 14.4 Å². The minimum absolute atomic E-state index is 0.319. The van der Waals surface area contributed by atoms with Gasteiger partial charge in [-0.3, -0.25) is 14.2 Å². The molecule has 1 aromatic heterocycles. The van der Waals surface area contributed by atoms with Crippen LogP contribution in [-0.4, -0.2) is 35.3 Å². The van der Waals surface area contributed by atoms with Gasteiger partial charge in [-0.05, 0) is 43.7 Å². The van der Waals surface area contributed by atoms with Crippen LogP contribution in [0.3, 0.4) is 0 Å². The third-order valence-corrected chi connectivity index (χ3v) is 5.19. The number of aromatic nitrogens is 2. The quantitative estimate of drug-likeness (QED) is 0.627. The average molecular weight is 416 g/mol. The van der Waals surface area contributed by atoms with E-state index in [1.54, 1.807) is 49.4 Å². The van der Waals surface area contributed by atoms with Crippen molar-refractivity contribution >= 4 is 28.4 Å². The van der Waals surface area contributed by atoms with Crippen LogP contribution in [0.25, 0.3) is 16.6 Å². The number of hydrogen-bond acceptors (Lipinski definition) is 4. The van der Waals surface area contributed by atoms with Crippen LogP contribution >= 0.6 is 11.6 Å². The molecule has 0 spiro atoms. The minimum Gasteiger partial charge on any atom is -0.383 e. The first-order valence-corrected chi connectivity index (χ1v) is 9.54. The van der Waals surface area contributed by atoms with Crippen molar-refractivity contribution in [3.63, 3.8) is 0 Å². The molecule has 0 saturated heterocycles. The minimum atomic E-state index is -0.836. The Kier molecular flexibility index (Phi) is 6.20. The third kappa shape index (κ3) is 3.97. The van der Waals surface area contributed by atoms with E-state index < -0.39 is 17.3 Å². The number of halogens is 1. The lowest BCUT2D eigenvalue weighted by Crippen LogP contribution is -2.44. The molecule has 1 atom stereocenters. The number of nitrogens with zero attached hydrogens (tertiary/aromatic N) is 2. The van der Waals surface area contributed by atoms with Crippen molar-refractivity contribution in [2.75, 3.05) is 20.3 Å². The lowest BCUT2D eigenvalue weighted by Gasteiger charge is -2.19. The highest BCUT2D eigenvalue weighted by atomic mass is 35.5. The zero-order chi connectivity index (χ0) is 21.1. The Hall–Kier alpha value is -2.90. The molecule has 0 aliphatic heterocycles. The smallest absolute Gasteiger partial charge is 0.336 e. The second kappa shape index (κ2) is 8.63. The maximum atomic E-state index is 13.4. The molecule has 3 aromatic rings. The molecule has 1 heterocycles. The molecular formula is C21H22ClN3O4. The van der Waals surface area contributed by atoms with Crippen LogP contribution in [0, 0.1) is 6.92 Å². The number of aryl methyl sites for hydroxylation is 1. The van der Waals surface area contributed by atoms with Gasteiger partial charge in [0.25, 0.3) is 5.56 Å². The first-order chi connectivity index (χ1) is 13.9. The lowest BCUT2D eigenvalue weighted by atomic mass is 10.2. The summed E-state index contributed by atoms with van der Waals surface area (Å²) in [4.78, 5) is 39.1. The molecule has 1 N–H and O–H groups in total. The summed E-state index contributed by atoms with van der Waals surface area (Å²) >= 11 is 6.21. The van der Waals surface area contributed by atoms with Crippen LogP contribution in [0.4, 0.5) is 0 Å². The van der Waals surface area contributed by atoms with E-state index in [0.29, 0.717) is 34.8 Å². The van der Waals surface area contributed by atoms with Gasteiger partial charge in [-0.1, -0.05) is 29.8 Å². The second-order valence-electron chi connectivity index (χ2n) is 6.70. The first-order valence-electron chi connectivity index (χ1n) is 9.16. The predicted octanol–water partition coefficient (Wildman–Crippen LogP) is 2.44. The van der Waals surface area contributed by atoms with Crippen LogP contribution in [0.1, 0.15) is 18.5 Å². The van der Waals surface area contributed by atoms with Crippen LogP contribution in [0.5, 0.6) is 0 Å². The van der Waals surface area contributed by atoms with Gasteiger partial charge in [0.15, 0.2) is 0 Å². The predicted molar refractivity (Wildman–Crippen MR) is 113 cm³/mol. The summed E-state index contributed by atoms with van der Waals surface area (Å²) < 4.78 is 7.32. The number of para-hydroxylation sites is 1. The highest BCUT2D eigenvalue weighted by Crippen LogP contribution is 2.19. The molecule has 2 aromatic carbocycles. The Bertz CT molecular complexity index is 1180. The average Bonchev–Trinajstić information content (AvgIpc) is 2.70. The summed E-state index contributed by atoms with van der Waals surface area (Å²) in [5.41, 5.74) is 0.501. The fraction of sp³-hybridized carbons (Fsp3) is 0.286. The van der Waals surface area contributed by atoms with Gasteiger partial charge in [0.05, 0.1) is 23.2 Å². The van der Waals surface area contributed by atoms with E-state index in [-0.39, 0.29) is 5.91 Å². The SMILES string of the molecule is COCCNC(=O)C(C)n1c(=O)n(-c2ccc(C)c(Cl)c2)c(=O)c2ccccc21. The highest BCUT2D eigenvalue weighted by Gasteiger charge is 2.22. The Labute approximate surface area is 172 Å². The maximum Gasteiger partial charge on any atom is 0.336 e. The first kappa shape index (κ1) is 20.8. The molecule has 8 heteroatoms. The monoisotopic (exact) mass is 415 g/mol. The standard InChI is InChI=1S/C21H22ClN3O4/c1-13-8-9-15(12-17(13)22)25-20(27)16-6-4-5-7-18(16)24(21(25)28)14(2)19(26)23-10-11-29-3/h4-9,12,14H,10-11H2,1-3H3,(H,23,26). The molecule has 3 rings (SSSR count). The van der Waals surface area contributed by atoms with Gasteiger partial charge in [0, 0.05) is 18.7 Å². The molecule has 0 fully saturated rings. The van der Waals surface area contributed by atoms with Crippen LogP contribution in [0.2, 0.25) is 5.02 Å². The number of carbonyl (C=O) groups excluding carboxylic acids is 1. The number of fused-ring (bicyclic) bond motifs is 1. The van der Waals surface area contributed by atoms with Gasteiger partial charge < -0.3 is 10.1 Å². The molecule has 29 heavy (non-hydrogen) atoms. The van der Waals surface area contributed by atoms with E-state index in [0.717, 1.165) is 10.1 Å². The fourth-order valence-electron chi connectivity index (χ4n) is 3.15. The molecule has 0 bridgehead atoms. The van der Waals surface area contributed by atoms with Crippen LogP contribution in [0.15, 0.2) is 52.1 Å². The van der Waals surface area contributed by atoms with Crippen molar-refractivity contribution in [1.82, 2.24) is 14.5 Å². The zero-order valence-electron chi connectivity index (χ0n) is 16.4. The van der Waals surface area contributed by atoms with E-state index in [2.05, 4.69) is 5.32 Å². The van der Waals surface area contributed by atoms with E-state index >= 15 is 0 Å². The molecule has 7 nitrogen and oxygen atoms in total.